The minimum Gasteiger partial charge on any atom is -0.481 e. The Morgan fingerprint density at radius 3 is 3.00 bits per heavy atom. The molecule has 0 spiro atoms. The number of nitrogens with zero attached hydrogens (tertiary/aromatic N) is 2. The van der Waals surface area contributed by atoms with Crippen LogP contribution in [0, 0.1) is 0 Å². The Morgan fingerprint density at radius 1 is 1.54 bits per heavy atom. The predicted octanol–water partition coefficient (Wildman–Crippen LogP) is -0.763. The molecule has 0 saturated heterocycles. The number of hydrogen-bond acceptors (Lipinski definition) is 5. The van der Waals surface area contributed by atoms with Crippen molar-refractivity contribution in [1.82, 2.24) is 20.2 Å². The number of anilines is 1. The van der Waals surface area contributed by atoms with Crippen molar-refractivity contribution in [3.05, 3.63) is 10.4 Å². The third kappa shape index (κ3) is 1.01. The minimum absolute atomic E-state index is 0.0339. The smallest absolute Gasteiger partial charge is 0.267 e. The fourth-order valence-corrected chi connectivity index (χ4v) is 1.07. The highest BCUT2D eigenvalue weighted by atomic mass is 16.5. The number of nitrogens with two attached hydrogens (primary N) is 1. The van der Waals surface area contributed by atoms with E-state index >= 15 is 0 Å². The van der Waals surface area contributed by atoms with E-state index in [0.29, 0.717) is 0 Å². The van der Waals surface area contributed by atoms with Crippen LogP contribution in [0.15, 0.2) is 4.79 Å². The Labute approximate surface area is 71.9 Å². The Morgan fingerprint density at radius 2 is 2.31 bits per heavy atom. The molecule has 0 aliphatic rings. The van der Waals surface area contributed by atoms with Gasteiger partial charge in [-0.1, -0.05) is 0 Å². The maximum absolute atomic E-state index is 11.3. The lowest BCUT2D eigenvalue weighted by Crippen LogP contribution is -2.10. The molecule has 0 radical (unpaired) electrons. The van der Waals surface area contributed by atoms with Gasteiger partial charge in [0.1, 0.15) is 5.39 Å². The van der Waals surface area contributed by atoms with Crippen LogP contribution in [0.25, 0.3) is 11.0 Å². The van der Waals surface area contributed by atoms with Crippen molar-refractivity contribution in [2.75, 3.05) is 12.8 Å². The maximum Gasteiger partial charge on any atom is 0.267 e. The molecule has 2 rings (SSSR count). The average molecular weight is 181 g/mol. The lowest BCUT2D eigenvalue weighted by Gasteiger charge is -1.93. The summed E-state index contributed by atoms with van der Waals surface area (Å²) in [6.45, 7) is 0. The summed E-state index contributed by atoms with van der Waals surface area (Å²) in [7, 11) is 1.43. The predicted molar refractivity (Wildman–Crippen MR) is 45.5 cm³/mol. The first-order chi connectivity index (χ1) is 6.22. The van der Waals surface area contributed by atoms with Gasteiger partial charge < -0.3 is 10.5 Å². The van der Waals surface area contributed by atoms with Crippen molar-refractivity contribution in [3.8, 4) is 5.88 Å². The summed E-state index contributed by atoms with van der Waals surface area (Å²) in [5.41, 5.74) is 5.19. The number of nitrogens with one attached hydrogen (secondary N) is 2. The minimum atomic E-state index is -0.367. The first-order valence-corrected chi connectivity index (χ1v) is 3.50. The van der Waals surface area contributed by atoms with Gasteiger partial charge in [0.2, 0.25) is 11.8 Å². The van der Waals surface area contributed by atoms with Gasteiger partial charge in [-0.3, -0.25) is 9.78 Å². The number of methoxy groups -OCH3 is 1. The third-order valence-electron chi connectivity index (χ3n) is 1.61. The van der Waals surface area contributed by atoms with Gasteiger partial charge in [-0.25, -0.2) is 5.10 Å². The number of rotatable bonds is 1. The second kappa shape index (κ2) is 2.47. The highest BCUT2D eigenvalue weighted by Gasteiger charge is 2.11. The maximum atomic E-state index is 11.3. The number of H-pyrrole nitrogens is 2. The quantitative estimate of drug-likeness (QED) is 0.535. The molecule has 7 nitrogen and oxygen atoms in total. The van der Waals surface area contributed by atoms with Crippen molar-refractivity contribution in [2.24, 2.45) is 0 Å². The number of fused-ring (bicyclic) bond motifs is 1. The number of aromatic nitrogens is 4. The first-order valence-electron chi connectivity index (χ1n) is 3.50. The summed E-state index contributed by atoms with van der Waals surface area (Å²) in [4.78, 5) is 17.5. The highest BCUT2D eigenvalue weighted by molar-refractivity contribution is 5.80. The monoisotopic (exact) mass is 181 g/mol. The molecule has 2 aromatic heterocycles. The summed E-state index contributed by atoms with van der Waals surface area (Å²) >= 11 is 0. The van der Waals surface area contributed by atoms with Crippen molar-refractivity contribution < 1.29 is 4.74 Å². The molecule has 13 heavy (non-hydrogen) atoms. The summed E-state index contributed by atoms with van der Waals surface area (Å²) in [6, 6.07) is 0. The van der Waals surface area contributed by atoms with Gasteiger partial charge in [-0.2, -0.15) is 10.1 Å². The Hall–Kier alpha value is -2.05. The van der Waals surface area contributed by atoms with E-state index < -0.39 is 0 Å². The van der Waals surface area contributed by atoms with Crippen LogP contribution in [-0.2, 0) is 0 Å². The van der Waals surface area contributed by atoms with E-state index in [0.717, 1.165) is 0 Å². The second-order valence-corrected chi connectivity index (χ2v) is 2.41. The van der Waals surface area contributed by atoms with E-state index in [-0.39, 0.29) is 28.4 Å². The summed E-state index contributed by atoms with van der Waals surface area (Å²) in [6.07, 6.45) is 0. The lowest BCUT2D eigenvalue weighted by atomic mass is 10.4. The Kier molecular flexibility index (Phi) is 1.44. The van der Waals surface area contributed by atoms with Crippen LogP contribution in [0.5, 0.6) is 5.88 Å². The van der Waals surface area contributed by atoms with E-state index in [1.165, 1.54) is 7.11 Å². The molecule has 0 unspecified atom stereocenters. The molecule has 0 amide bonds. The summed E-state index contributed by atoms with van der Waals surface area (Å²) in [5, 5.41) is 6.55. The van der Waals surface area contributed by atoms with E-state index in [1.807, 2.05) is 0 Å². The molecule has 2 heterocycles. The van der Waals surface area contributed by atoms with E-state index in [2.05, 4.69) is 20.2 Å². The van der Waals surface area contributed by atoms with Gasteiger partial charge >= 0.3 is 0 Å². The van der Waals surface area contributed by atoms with Gasteiger partial charge in [0.25, 0.3) is 5.56 Å². The van der Waals surface area contributed by atoms with Crippen LogP contribution < -0.4 is 16.0 Å². The molecular formula is C6H7N5O2. The zero-order valence-corrected chi connectivity index (χ0v) is 6.79. The van der Waals surface area contributed by atoms with Crippen LogP contribution in [-0.4, -0.2) is 27.3 Å². The largest absolute Gasteiger partial charge is 0.481 e. The fourth-order valence-electron chi connectivity index (χ4n) is 1.07. The topological polar surface area (TPSA) is 110 Å². The van der Waals surface area contributed by atoms with E-state index in [4.69, 9.17) is 10.5 Å². The molecule has 0 atom stereocenters. The molecule has 0 aliphatic heterocycles. The summed E-state index contributed by atoms with van der Waals surface area (Å²) < 4.78 is 4.87. The molecule has 0 aromatic carbocycles. The Bertz CT molecular complexity index is 499. The molecule has 0 bridgehead atoms. The Balaban J connectivity index is 2.90. The molecule has 2 aromatic rings. The molecule has 0 fully saturated rings. The van der Waals surface area contributed by atoms with Crippen molar-refractivity contribution >= 4 is 17.0 Å². The zero-order valence-electron chi connectivity index (χ0n) is 6.79. The van der Waals surface area contributed by atoms with Crippen LogP contribution in [0.2, 0.25) is 0 Å². The van der Waals surface area contributed by atoms with Crippen LogP contribution in [0.4, 0.5) is 5.95 Å². The van der Waals surface area contributed by atoms with E-state index in [1.54, 1.807) is 0 Å². The van der Waals surface area contributed by atoms with Crippen molar-refractivity contribution in [2.45, 2.75) is 0 Å². The number of hydrogen-bond donors (Lipinski definition) is 3. The van der Waals surface area contributed by atoms with Crippen molar-refractivity contribution in [3.63, 3.8) is 0 Å². The first kappa shape index (κ1) is 7.59. The number of ether oxygens (including phenoxy) is 1. The van der Waals surface area contributed by atoms with Crippen LogP contribution in [0.1, 0.15) is 0 Å². The second-order valence-electron chi connectivity index (χ2n) is 2.41. The average Bonchev–Trinajstić information content (AvgIpc) is 2.47. The third-order valence-corrected chi connectivity index (χ3v) is 1.61. The van der Waals surface area contributed by atoms with Gasteiger partial charge in [0.05, 0.1) is 7.11 Å². The molecule has 7 heteroatoms. The van der Waals surface area contributed by atoms with Crippen molar-refractivity contribution in [1.29, 1.82) is 0 Å². The van der Waals surface area contributed by atoms with Crippen LogP contribution >= 0.6 is 0 Å². The lowest BCUT2D eigenvalue weighted by molar-refractivity contribution is 0.401. The van der Waals surface area contributed by atoms with Gasteiger partial charge in [0, 0.05) is 0 Å². The summed E-state index contributed by atoms with van der Waals surface area (Å²) in [5.74, 6) is 0.315. The normalized spacial score (nSPS) is 10.5. The van der Waals surface area contributed by atoms with Crippen LogP contribution in [0.3, 0.4) is 0 Å². The SMILES string of the molecule is COc1[nH]nc2nc(N)[nH]c(=O)c12. The molecule has 0 aliphatic carbocycles. The van der Waals surface area contributed by atoms with E-state index in [9.17, 15) is 4.79 Å². The highest BCUT2D eigenvalue weighted by Crippen LogP contribution is 2.15. The number of aromatic amines is 2. The molecular weight excluding hydrogens is 174 g/mol. The zero-order chi connectivity index (χ0) is 9.42. The molecule has 4 N–H and O–H groups in total. The standard InChI is InChI=1S/C6H7N5O2/c1-13-5-2-3(10-11-5)8-6(7)9-4(2)12/h1H3,(H4,7,8,9,10,11,12). The molecule has 0 saturated carbocycles. The van der Waals surface area contributed by atoms with Gasteiger partial charge in [0.15, 0.2) is 5.65 Å². The fraction of sp³-hybridized carbons (Fsp3) is 0.167. The number of nitrogen functional groups attached to an aromatic ring is 1. The van der Waals surface area contributed by atoms with Gasteiger partial charge in [-0.15, -0.1) is 0 Å². The molecule has 68 valence electrons. The van der Waals surface area contributed by atoms with Gasteiger partial charge in [-0.05, 0) is 0 Å².